The highest BCUT2D eigenvalue weighted by molar-refractivity contribution is 5.81. The van der Waals surface area contributed by atoms with Gasteiger partial charge in [0.1, 0.15) is 11.8 Å². The zero-order valence-corrected chi connectivity index (χ0v) is 16.8. The molecule has 0 spiro atoms. The van der Waals surface area contributed by atoms with Crippen LogP contribution in [0.5, 0.6) is 0 Å². The second kappa shape index (κ2) is 8.37. The minimum absolute atomic E-state index is 0.239. The average molecular weight is 385 g/mol. The van der Waals surface area contributed by atoms with Crippen LogP contribution in [-0.4, -0.2) is 41.9 Å². The first kappa shape index (κ1) is 19.8. The number of aryl methyl sites for hydroxylation is 2. The van der Waals surface area contributed by atoms with E-state index in [2.05, 4.69) is 33.9 Å². The van der Waals surface area contributed by atoms with Crippen molar-refractivity contribution in [3.63, 3.8) is 0 Å². The van der Waals surface area contributed by atoms with E-state index < -0.39 is 0 Å². The molecule has 3 heterocycles. The molecule has 3 rings (SSSR count). The Kier molecular flexibility index (Phi) is 5.91. The van der Waals surface area contributed by atoms with Gasteiger partial charge in [-0.3, -0.25) is 9.48 Å². The van der Waals surface area contributed by atoms with Crippen LogP contribution < -0.4 is 5.73 Å². The van der Waals surface area contributed by atoms with Gasteiger partial charge in [0.25, 0.3) is 0 Å². The predicted molar refractivity (Wildman–Crippen MR) is 106 cm³/mol. The topological polar surface area (TPSA) is 114 Å². The molecule has 0 bridgehead atoms. The number of fused-ring (bicyclic) bond motifs is 1. The van der Waals surface area contributed by atoms with Crippen molar-refractivity contribution in [3.8, 4) is 0 Å². The largest absolute Gasteiger partial charge is 0.465 e. The van der Waals surface area contributed by atoms with E-state index in [1.165, 1.54) is 6.33 Å². The van der Waals surface area contributed by atoms with Crippen LogP contribution in [0.15, 0.2) is 12.7 Å². The molecule has 0 saturated heterocycles. The number of aromatic nitrogens is 6. The van der Waals surface area contributed by atoms with Crippen molar-refractivity contribution in [1.82, 2.24) is 29.3 Å². The van der Waals surface area contributed by atoms with Gasteiger partial charge in [-0.1, -0.05) is 13.8 Å². The second-order valence-corrected chi connectivity index (χ2v) is 7.35. The van der Waals surface area contributed by atoms with Crippen molar-refractivity contribution >= 4 is 23.0 Å². The van der Waals surface area contributed by atoms with E-state index in [4.69, 9.17) is 10.5 Å². The monoisotopic (exact) mass is 385 g/mol. The Balaban J connectivity index is 1.51. The molecule has 0 unspecified atom stereocenters. The fourth-order valence-electron chi connectivity index (χ4n) is 3.19. The number of hydrogen-bond acceptors (Lipinski definition) is 7. The molecule has 0 aliphatic carbocycles. The summed E-state index contributed by atoms with van der Waals surface area (Å²) in [5.41, 5.74) is 9.93. The Morgan fingerprint density at radius 1 is 1.25 bits per heavy atom. The summed E-state index contributed by atoms with van der Waals surface area (Å²) in [6.07, 6.45) is 3.99. The first-order valence-corrected chi connectivity index (χ1v) is 9.46. The maximum Gasteiger partial charge on any atom is 0.310 e. The lowest BCUT2D eigenvalue weighted by atomic mass is 10.1. The Morgan fingerprint density at radius 2 is 2.04 bits per heavy atom. The van der Waals surface area contributed by atoms with Crippen molar-refractivity contribution < 1.29 is 9.53 Å². The van der Waals surface area contributed by atoms with Crippen molar-refractivity contribution in [1.29, 1.82) is 0 Å². The number of hydrogen-bond donors (Lipinski definition) is 1. The van der Waals surface area contributed by atoms with E-state index >= 15 is 0 Å². The molecule has 28 heavy (non-hydrogen) atoms. The molecule has 3 aromatic heterocycles. The second-order valence-electron chi connectivity index (χ2n) is 7.35. The summed E-state index contributed by atoms with van der Waals surface area (Å²) in [7, 11) is 0. The van der Waals surface area contributed by atoms with Gasteiger partial charge in [-0.05, 0) is 26.2 Å². The first-order chi connectivity index (χ1) is 13.4. The molecule has 3 aromatic rings. The standard InChI is InChI=1S/C19H27N7O2/c1-12(2)9-26-14(4)15(13(3)24-26)8-16(27)28-7-5-6-25-11-23-17-18(20)21-10-22-19(17)25/h10-12H,5-9H2,1-4H3,(H2,20,21,22). The van der Waals surface area contributed by atoms with Crippen LogP contribution >= 0.6 is 0 Å². The number of ether oxygens (including phenoxy) is 1. The fourth-order valence-corrected chi connectivity index (χ4v) is 3.19. The van der Waals surface area contributed by atoms with E-state index in [0.29, 0.717) is 42.5 Å². The average Bonchev–Trinajstić information content (AvgIpc) is 3.16. The number of nitrogens with zero attached hydrogens (tertiary/aromatic N) is 6. The number of rotatable bonds is 8. The van der Waals surface area contributed by atoms with Gasteiger partial charge >= 0.3 is 5.97 Å². The van der Waals surface area contributed by atoms with Crippen LogP contribution in [-0.2, 0) is 29.0 Å². The molecular weight excluding hydrogens is 358 g/mol. The molecule has 0 saturated carbocycles. The third-order valence-electron chi connectivity index (χ3n) is 4.63. The normalized spacial score (nSPS) is 11.5. The summed E-state index contributed by atoms with van der Waals surface area (Å²) in [5, 5.41) is 4.55. The van der Waals surface area contributed by atoms with Crippen molar-refractivity contribution in [2.24, 2.45) is 5.92 Å². The zero-order chi connectivity index (χ0) is 20.3. The lowest BCUT2D eigenvalue weighted by Crippen LogP contribution is -2.12. The maximum atomic E-state index is 12.3. The lowest BCUT2D eigenvalue weighted by molar-refractivity contribution is -0.143. The van der Waals surface area contributed by atoms with E-state index in [-0.39, 0.29) is 12.4 Å². The molecule has 0 aromatic carbocycles. The molecule has 0 aliphatic rings. The van der Waals surface area contributed by atoms with Gasteiger partial charge in [-0.25, -0.2) is 15.0 Å². The van der Waals surface area contributed by atoms with Crippen LogP contribution in [0.3, 0.4) is 0 Å². The van der Waals surface area contributed by atoms with E-state index in [0.717, 1.165) is 23.5 Å². The van der Waals surface area contributed by atoms with Gasteiger partial charge in [0.2, 0.25) is 0 Å². The van der Waals surface area contributed by atoms with Gasteiger partial charge in [0, 0.05) is 24.3 Å². The van der Waals surface area contributed by atoms with E-state index in [1.807, 2.05) is 23.1 Å². The first-order valence-electron chi connectivity index (χ1n) is 9.46. The summed E-state index contributed by atoms with van der Waals surface area (Å²) >= 11 is 0. The van der Waals surface area contributed by atoms with Crippen LogP contribution in [0.1, 0.15) is 37.2 Å². The molecular formula is C19H27N7O2. The Hall–Kier alpha value is -2.97. The van der Waals surface area contributed by atoms with Crippen molar-refractivity contribution in [2.45, 2.75) is 53.6 Å². The van der Waals surface area contributed by atoms with Crippen LogP contribution in [0, 0.1) is 19.8 Å². The van der Waals surface area contributed by atoms with E-state index in [1.54, 1.807) is 6.33 Å². The molecule has 0 radical (unpaired) electrons. The van der Waals surface area contributed by atoms with Crippen molar-refractivity contribution in [3.05, 3.63) is 29.6 Å². The number of esters is 1. The van der Waals surface area contributed by atoms with Gasteiger partial charge < -0.3 is 15.0 Å². The van der Waals surface area contributed by atoms with Gasteiger partial charge in [-0.2, -0.15) is 5.10 Å². The van der Waals surface area contributed by atoms with Crippen LogP contribution in [0.4, 0.5) is 5.82 Å². The van der Waals surface area contributed by atoms with Gasteiger partial charge in [-0.15, -0.1) is 0 Å². The van der Waals surface area contributed by atoms with Gasteiger partial charge in [0.05, 0.1) is 25.0 Å². The number of anilines is 1. The van der Waals surface area contributed by atoms with Gasteiger partial charge in [0.15, 0.2) is 11.5 Å². The fraction of sp³-hybridized carbons (Fsp3) is 0.526. The molecule has 0 fully saturated rings. The van der Waals surface area contributed by atoms with Crippen LogP contribution in [0.25, 0.3) is 11.2 Å². The minimum Gasteiger partial charge on any atom is -0.465 e. The highest BCUT2D eigenvalue weighted by atomic mass is 16.5. The summed E-state index contributed by atoms with van der Waals surface area (Å²) in [5.74, 6) is 0.619. The molecule has 0 amide bonds. The van der Waals surface area contributed by atoms with E-state index in [9.17, 15) is 4.79 Å². The third kappa shape index (κ3) is 4.29. The number of nitrogen functional groups attached to an aromatic ring is 1. The SMILES string of the molecule is Cc1nn(CC(C)C)c(C)c1CC(=O)OCCCn1cnc2c(N)ncnc21. The molecule has 0 aliphatic heterocycles. The summed E-state index contributed by atoms with van der Waals surface area (Å²) in [6, 6.07) is 0. The lowest BCUT2D eigenvalue weighted by Gasteiger charge is -2.08. The maximum absolute atomic E-state index is 12.3. The zero-order valence-electron chi connectivity index (χ0n) is 16.8. The Bertz CT molecular complexity index is 974. The number of nitrogens with two attached hydrogens (primary N) is 1. The quantitative estimate of drug-likeness (QED) is 0.466. The molecule has 9 nitrogen and oxygen atoms in total. The predicted octanol–water partition coefficient (Wildman–Crippen LogP) is 2.05. The Morgan fingerprint density at radius 3 is 2.79 bits per heavy atom. The summed E-state index contributed by atoms with van der Waals surface area (Å²) in [4.78, 5) is 24.6. The highest BCUT2D eigenvalue weighted by Crippen LogP contribution is 2.16. The minimum atomic E-state index is -0.239. The number of carbonyl (C=O) groups excluding carboxylic acids is 1. The molecule has 0 atom stereocenters. The molecule has 2 N–H and O–H groups in total. The summed E-state index contributed by atoms with van der Waals surface area (Å²) in [6.45, 7) is 10.0. The highest BCUT2D eigenvalue weighted by Gasteiger charge is 2.16. The van der Waals surface area contributed by atoms with Crippen molar-refractivity contribution in [2.75, 3.05) is 12.3 Å². The smallest absolute Gasteiger partial charge is 0.310 e. The molecule has 150 valence electrons. The third-order valence-corrected chi connectivity index (χ3v) is 4.63. The summed E-state index contributed by atoms with van der Waals surface area (Å²) < 4.78 is 9.27. The van der Waals surface area contributed by atoms with Crippen LogP contribution in [0.2, 0.25) is 0 Å². The number of carbonyl (C=O) groups is 1. The molecule has 9 heteroatoms. The number of imidazole rings is 1. The Labute approximate surface area is 163 Å².